The predicted octanol–water partition coefficient (Wildman–Crippen LogP) is 4.03. The number of rotatable bonds is 11. The van der Waals surface area contributed by atoms with E-state index in [0.29, 0.717) is 11.3 Å². The molecule has 5 rings (SSSR count). The third-order valence-electron chi connectivity index (χ3n) is 6.74. The molecule has 0 amide bonds. The minimum atomic E-state index is -4.36. The normalized spacial score (nSPS) is 14.1. The molecular formula is C29H31N5O7S3. The molecular weight excluding hydrogens is 627 g/mol. The first kappa shape index (κ1) is 31.4. The number of ether oxygens (including phenoxy) is 1. The van der Waals surface area contributed by atoms with E-state index in [0.717, 1.165) is 16.1 Å². The van der Waals surface area contributed by atoms with Crippen LogP contribution in [0.4, 0.5) is 11.4 Å². The summed E-state index contributed by atoms with van der Waals surface area (Å²) in [5.41, 5.74) is -0.0683. The zero-order valence-electron chi connectivity index (χ0n) is 24.2. The molecule has 15 heteroatoms. The lowest BCUT2D eigenvalue weighted by atomic mass is 10.1. The van der Waals surface area contributed by atoms with Crippen molar-refractivity contribution >= 4 is 48.6 Å². The van der Waals surface area contributed by atoms with E-state index in [1.165, 1.54) is 34.2 Å². The maximum Gasteiger partial charge on any atom is 0.281 e. The quantitative estimate of drug-likeness (QED) is 0.229. The van der Waals surface area contributed by atoms with Gasteiger partial charge in [0.25, 0.3) is 15.6 Å². The van der Waals surface area contributed by atoms with Crippen molar-refractivity contribution in [1.29, 1.82) is 0 Å². The summed E-state index contributed by atoms with van der Waals surface area (Å²) < 4.78 is 62.4. The molecule has 0 radical (unpaired) electrons. The highest BCUT2D eigenvalue weighted by atomic mass is 32.2. The number of anilines is 1. The molecule has 2 N–H and O–H groups in total. The number of aromatic nitrogens is 2. The van der Waals surface area contributed by atoms with Crippen LogP contribution in [0.25, 0.3) is 10.6 Å². The maximum atomic E-state index is 13.5. The third kappa shape index (κ3) is 6.70. The van der Waals surface area contributed by atoms with Gasteiger partial charge >= 0.3 is 0 Å². The zero-order valence-corrected chi connectivity index (χ0v) is 26.6. The van der Waals surface area contributed by atoms with Crippen LogP contribution in [0.15, 0.2) is 80.7 Å². The van der Waals surface area contributed by atoms with Gasteiger partial charge in [-0.2, -0.15) is 5.10 Å². The van der Waals surface area contributed by atoms with Crippen LogP contribution in [0.1, 0.15) is 31.4 Å². The standard InChI is InChI=1S/C29H31N5O7S3/c1-19(2)13-14-33-29(36)25(27(35)26(31-33)23-10-7-15-42-23)28-30-22-12-11-21(16-24(22)44(39,40)32-28)34(43(3,37)38)18-41-17-20-8-5-4-6-9-20/h4-12,15-16,19,35H,13-14,17-18H2,1-3H3,(H,30,32). The number of amidine groups is 1. The third-order valence-corrected chi connectivity index (χ3v) is 10.1. The molecule has 44 heavy (non-hydrogen) atoms. The van der Waals surface area contributed by atoms with Crippen molar-refractivity contribution in [3.05, 3.63) is 87.5 Å². The fraction of sp³-hybridized carbons (Fsp3) is 0.276. The Morgan fingerprint density at radius 1 is 1.11 bits per heavy atom. The Kier molecular flexibility index (Phi) is 8.92. The number of thiophene rings is 1. The fourth-order valence-corrected chi connectivity index (χ4v) is 7.12. The number of hydrogen-bond donors (Lipinski definition) is 2. The lowest BCUT2D eigenvalue weighted by Crippen LogP contribution is -2.40. The molecule has 0 saturated heterocycles. The van der Waals surface area contributed by atoms with Crippen LogP contribution in [-0.2, 0) is 37.9 Å². The number of nitrogens with one attached hydrogen (secondary N) is 1. The number of fused-ring (bicyclic) bond motifs is 1. The van der Waals surface area contributed by atoms with Gasteiger partial charge in [0, 0.05) is 6.54 Å². The predicted molar refractivity (Wildman–Crippen MR) is 169 cm³/mol. The van der Waals surface area contributed by atoms with Gasteiger partial charge in [0.1, 0.15) is 22.9 Å². The van der Waals surface area contributed by atoms with E-state index in [-0.39, 0.29) is 59.2 Å². The molecule has 12 nitrogen and oxygen atoms in total. The zero-order chi connectivity index (χ0) is 31.6. The maximum absolute atomic E-state index is 13.5. The van der Waals surface area contributed by atoms with Gasteiger partial charge in [0.05, 0.1) is 29.1 Å². The summed E-state index contributed by atoms with van der Waals surface area (Å²) >= 11 is 1.30. The highest BCUT2D eigenvalue weighted by molar-refractivity contribution is 7.92. The van der Waals surface area contributed by atoms with Gasteiger partial charge in [-0.15, -0.1) is 11.3 Å². The number of aromatic hydroxyl groups is 1. The SMILES string of the molecule is CC(C)CCn1nc(-c2cccs2)c(O)c(C2=Nc3ccc(N(COCc4ccccc4)S(C)(=O)=O)cc3S(=O)(=O)N2)c1=O. The van der Waals surface area contributed by atoms with Crippen molar-refractivity contribution in [1.82, 2.24) is 14.5 Å². The van der Waals surface area contributed by atoms with Gasteiger partial charge in [0.15, 0.2) is 11.6 Å². The second-order valence-corrected chi connectivity index (χ2v) is 15.1. The minimum absolute atomic E-state index is 0.0387. The largest absolute Gasteiger partial charge is 0.505 e. The van der Waals surface area contributed by atoms with E-state index in [1.807, 2.05) is 44.2 Å². The topological polar surface area (TPSA) is 160 Å². The summed E-state index contributed by atoms with van der Waals surface area (Å²) in [6.07, 6.45) is 1.61. The molecule has 0 bridgehead atoms. The Bertz CT molecular complexity index is 1970. The second-order valence-electron chi connectivity index (χ2n) is 10.6. The summed E-state index contributed by atoms with van der Waals surface area (Å²) in [6.45, 7) is 4.02. The van der Waals surface area contributed by atoms with Gasteiger partial charge in [0.2, 0.25) is 10.0 Å². The number of aryl methyl sites for hydroxylation is 1. The molecule has 0 unspecified atom stereocenters. The van der Waals surface area contributed by atoms with E-state index in [2.05, 4.69) is 14.8 Å². The van der Waals surface area contributed by atoms with Crippen molar-refractivity contribution < 1.29 is 26.7 Å². The van der Waals surface area contributed by atoms with E-state index >= 15 is 0 Å². The molecule has 1 aliphatic rings. The van der Waals surface area contributed by atoms with Gasteiger partial charge in [-0.25, -0.2) is 30.8 Å². The van der Waals surface area contributed by atoms with E-state index in [9.17, 15) is 26.7 Å². The van der Waals surface area contributed by atoms with Crippen LogP contribution in [0.5, 0.6) is 5.75 Å². The average molecular weight is 658 g/mol. The van der Waals surface area contributed by atoms with Crippen LogP contribution < -0.4 is 14.6 Å². The Morgan fingerprint density at radius 2 is 1.86 bits per heavy atom. The van der Waals surface area contributed by atoms with Crippen LogP contribution in [0, 0.1) is 5.92 Å². The van der Waals surface area contributed by atoms with Gasteiger partial charge in [-0.05, 0) is 47.5 Å². The number of aliphatic imine (C=N–C) groups is 1. The first-order valence-electron chi connectivity index (χ1n) is 13.6. The number of sulfonamides is 2. The molecule has 0 spiro atoms. The Hall–Kier alpha value is -4.05. The average Bonchev–Trinajstić information content (AvgIpc) is 3.49. The Labute approximate surface area is 259 Å². The summed E-state index contributed by atoms with van der Waals surface area (Å²) in [4.78, 5) is 18.2. The molecule has 0 fully saturated rings. The molecule has 1 aliphatic heterocycles. The summed E-state index contributed by atoms with van der Waals surface area (Å²) in [5.74, 6) is -0.607. The van der Waals surface area contributed by atoms with Crippen molar-refractivity contribution in [3.63, 3.8) is 0 Å². The Balaban J connectivity index is 1.55. The lowest BCUT2D eigenvalue weighted by Gasteiger charge is -2.25. The fourth-order valence-electron chi connectivity index (χ4n) is 4.47. The molecule has 232 valence electrons. The van der Waals surface area contributed by atoms with Crippen molar-refractivity contribution in [2.45, 2.75) is 38.3 Å². The molecule has 0 saturated carbocycles. The summed E-state index contributed by atoms with van der Waals surface area (Å²) in [6, 6.07) is 16.6. The molecule has 3 heterocycles. The smallest absolute Gasteiger partial charge is 0.281 e. The monoisotopic (exact) mass is 657 g/mol. The van der Waals surface area contributed by atoms with Crippen molar-refractivity contribution in [2.75, 3.05) is 17.3 Å². The first-order valence-corrected chi connectivity index (χ1v) is 17.8. The van der Waals surface area contributed by atoms with E-state index in [4.69, 9.17) is 4.74 Å². The molecule has 2 aromatic heterocycles. The Morgan fingerprint density at radius 3 is 2.52 bits per heavy atom. The lowest BCUT2D eigenvalue weighted by molar-refractivity contribution is 0.130. The van der Waals surface area contributed by atoms with Crippen molar-refractivity contribution in [2.24, 2.45) is 10.9 Å². The van der Waals surface area contributed by atoms with Gasteiger partial charge in [-0.1, -0.05) is 50.2 Å². The first-order chi connectivity index (χ1) is 20.8. The van der Waals surface area contributed by atoms with Crippen LogP contribution in [0.3, 0.4) is 0 Å². The highest BCUT2D eigenvalue weighted by Crippen LogP contribution is 2.36. The second kappa shape index (κ2) is 12.5. The van der Waals surface area contributed by atoms with Crippen LogP contribution in [0.2, 0.25) is 0 Å². The number of benzene rings is 2. The van der Waals surface area contributed by atoms with E-state index < -0.39 is 31.4 Å². The molecule has 2 aromatic carbocycles. The minimum Gasteiger partial charge on any atom is -0.505 e. The highest BCUT2D eigenvalue weighted by Gasteiger charge is 2.32. The molecule has 0 aliphatic carbocycles. The summed E-state index contributed by atoms with van der Waals surface area (Å²) in [7, 11) is -8.23. The van der Waals surface area contributed by atoms with Crippen LogP contribution in [-0.4, -0.2) is 50.5 Å². The summed E-state index contributed by atoms with van der Waals surface area (Å²) in [5, 5.41) is 17.4. The van der Waals surface area contributed by atoms with Crippen LogP contribution >= 0.6 is 11.3 Å². The van der Waals surface area contributed by atoms with E-state index in [1.54, 1.807) is 17.5 Å². The van der Waals surface area contributed by atoms with Gasteiger partial charge < -0.3 is 9.84 Å². The number of hydrogen-bond acceptors (Lipinski definition) is 10. The van der Waals surface area contributed by atoms with Gasteiger partial charge in [-0.3, -0.25) is 9.52 Å². The van der Waals surface area contributed by atoms with Crippen molar-refractivity contribution in [3.8, 4) is 16.3 Å². The molecule has 4 aromatic rings. The molecule has 0 atom stereocenters. The number of nitrogens with zero attached hydrogens (tertiary/aromatic N) is 4.